The fourth-order valence-electron chi connectivity index (χ4n) is 3.36. The van der Waals surface area contributed by atoms with Gasteiger partial charge in [-0.25, -0.2) is 9.78 Å². The molecule has 0 aliphatic heterocycles. The van der Waals surface area contributed by atoms with Gasteiger partial charge < -0.3 is 26.6 Å². The molecule has 0 aromatic carbocycles. The van der Waals surface area contributed by atoms with E-state index in [1.54, 1.807) is 13.4 Å². The van der Waals surface area contributed by atoms with E-state index in [0.717, 1.165) is 28.6 Å². The fourth-order valence-corrected chi connectivity index (χ4v) is 3.36. The molecule has 0 saturated heterocycles. The lowest BCUT2D eigenvalue weighted by Crippen LogP contribution is -3.00. The molecular weight excluding hydrogens is 346 g/mol. The van der Waals surface area contributed by atoms with E-state index in [1.807, 2.05) is 4.57 Å². The minimum absolute atomic E-state index is 0. The van der Waals surface area contributed by atoms with Gasteiger partial charge in [-0.05, 0) is 0 Å². The average Bonchev–Trinajstić information content (AvgIpc) is 2.92. The van der Waals surface area contributed by atoms with Crippen molar-refractivity contribution in [3.05, 3.63) is 27.2 Å². The topological polar surface area (TPSA) is 82.0 Å². The van der Waals surface area contributed by atoms with Crippen molar-refractivity contribution in [3.8, 4) is 0 Å². The van der Waals surface area contributed by atoms with Gasteiger partial charge in [0.1, 0.15) is 0 Å². The summed E-state index contributed by atoms with van der Waals surface area (Å²) in [5.74, 6) is 0.318. The maximum atomic E-state index is 12.4. The van der Waals surface area contributed by atoms with Crippen LogP contribution in [0.25, 0.3) is 11.2 Å². The summed E-state index contributed by atoms with van der Waals surface area (Å²) < 4.78 is 5.17. The van der Waals surface area contributed by atoms with E-state index in [4.69, 9.17) is 5.11 Å². The number of hydrogen-bond donors (Lipinski definition) is 1. The number of nitrogens with zero attached hydrogens (tertiary/aromatic N) is 5. The van der Waals surface area contributed by atoms with E-state index in [9.17, 15) is 9.59 Å². The molecule has 1 atom stereocenters. The molecule has 0 bridgehead atoms. The van der Waals surface area contributed by atoms with Gasteiger partial charge in [-0.15, -0.1) is 0 Å². The normalized spacial score (nSPS) is 13.0. The van der Waals surface area contributed by atoms with Gasteiger partial charge in [0.25, 0.3) is 5.56 Å². The minimum atomic E-state index is -0.368. The van der Waals surface area contributed by atoms with Crippen molar-refractivity contribution in [1.82, 2.24) is 18.7 Å². The highest BCUT2D eigenvalue weighted by Crippen LogP contribution is 2.12. The van der Waals surface area contributed by atoms with Crippen molar-refractivity contribution in [2.75, 3.05) is 33.8 Å². The smallest absolute Gasteiger partial charge is 0.332 e. The second kappa shape index (κ2) is 8.16. The highest BCUT2D eigenvalue weighted by atomic mass is 35.5. The first-order valence-corrected chi connectivity index (χ1v) is 8.21. The van der Waals surface area contributed by atoms with Gasteiger partial charge in [0.05, 0.1) is 33.5 Å². The largest absolute Gasteiger partial charge is 1.00 e. The summed E-state index contributed by atoms with van der Waals surface area (Å²) in [6.45, 7) is 4.82. The van der Waals surface area contributed by atoms with E-state index in [1.165, 1.54) is 11.6 Å². The van der Waals surface area contributed by atoms with E-state index in [2.05, 4.69) is 26.0 Å². The Morgan fingerprint density at radius 2 is 1.88 bits per heavy atom. The van der Waals surface area contributed by atoms with Gasteiger partial charge in [0.15, 0.2) is 11.2 Å². The Morgan fingerprint density at radius 3 is 2.48 bits per heavy atom. The molecule has 0 saturated carbocycles. The highest BCUT2D eigenvalue weighted by molar-refractivity contribution is 5.69. The first-order valence-electron chi connectivity index (χ1n) is 8.21. The molecule has 8 nitrogen and oxygen atoms in total. The molecular formula is C16H28ClN5O3. The maximum absolute atomic E-state index is 12.4. The van der Waals surface area contributed by atoms with E-state index >= 15 is 0 Å². The second-order valence-electron chi connectivity index (χ2n) is 7.30. The van der Waals surface area contributed by atoms with Crippen LogP contribution in [0.1, 0.15) is 13.3 Å². The van der Waals surface area contributed by atoms with Gasteiger partial charge in [0.2, 0.25) is 0 Å². The Labute approximate surface area is 153 Å². The minimum Gasteiger partial charge on any atom is -1.00 e. The number of halogens is 1. The van der Waals surface area contributed by atoms with Crippen LogP contribution in [-0.2, 0) is 20.6 Å². The lowest BCUT2D eigenvalue weighted by molar-refractivity contribution is -0.893. The molecule has 0 aliphatic rings. The van der Waals surface area contributed by atoms with Crippen molar-refractivity contribution < 1.29 is 22.0 Å². The predicted molar refractivity (Wildman–Crippen MR) is 92.9 cm³/mol. The summed E-state index contributed by atoms with van der Waals surface area (Å²) >= 11 is 0. The van der Waals surface area contributed by atoms with Gasteiger partial charge in [0, 0.05) is 39.6 Å². The standard InChI is InChI=1S/C16H28N5O3.ClH/c1-12(10-21(4,5)7-6-8-22)9-20-11-17-14-13(20)15(23)19(3)16(24)18(14)2;/h11-12,22H,6-10H2,1-5H3;1H/q+1;/p-1. The fraction of sp³-hybridized carbons (Fsp3) is 0.688. The number of aliphatic hydroxyl groups excluding tert-OH is 1. The molecule has 142 valence electrons. The van der Waals surface area contributed by atoms with Crippen molar-refractivity contribution >= 4 is 11.2 Å². The number of aliphatic hydroxyl groups is 1. The number of imidazole rings is 1. The first-order chi connectivity index (χ1) is 11.2. The van der Waals surface area contributed by atoms with Crippen LogP contribution in [0.3, 0.4) is 0 Å². The number of rotatable bonds is 7. The molecule has 2 aromatic rings. The molecule has 1 unspecified atom stereocenters. The Hall–Kier alpha value is -1.64. The summed E-state index contributed by atoms with van der Waals surface area (Å²) in [5.41, 5.74) is 0.205. The van der Waals surface area contributed by atoms with Crippen LogP contribution in [-0.4, -0.2) is 62.1 Å². The van der Waals surface area contributed by atoms with Gasteiger partial charge in [-0.1, -0.05) is 6.92 Å². The lowest BCUT2D eigenvalue weighted by Gasteiger charge is -2.32. The molecule has 2 heterocycles. The molecule has 0 spiro atoms. The third kappa shape index (κ3) is 4.50. The van der Waals surface area contributed by atoms with Crippen LogP contribution in [0.2, 0.25) is 0 Å². The van der Waals surface area contributed by atoms with E-state index in [-0.39, 0.29) is 30.3 Å². The molecule has 1 N–H and O–H groups in total. The maximum Gasteiger partial charge on any atom is 0.332 e. The third-order valence-corrected chi connectivity index (χ3v) is 4.45. The molecule has 0 amide bonds. The van der Waals surface area contributed by atoms with Crippen molar-refractivity contribution in [2.24, 2.45) is 20.0 Å². The number of aryl methyl sites for hydroxylation is 1. The SMILES string of the molecule is CC(Cn1cnc2c1c(=O)n(C)c(=O)n2C)C[N+](C)(C)CCCO.[Cl-]. The Kier molecular flexibility index (Phi) is 6.99. The Bertz CT molecular complexity index is 837. The van der Waals surface area contributed by atoms with Crippen molar-refractivity contribution in [2.45, 2.75) is 19.9 Å². The molecule has 2 aromatic heterocycles. The van der Waals surface area contributed by atoms with Crippen molar-refractivity contribution in [1.29, 1.82) is 0 Å². The average molecular weight is 374 g/mol. The molecule has 0 aliphatic carbocycles. The van der Waals surface area contributed by atoms with Crippen LogP contribution in [0.15, 0.2) is 15.9 Å². The summed E-state index contributed by atoms with van der Waals surface area (Å²) in [7, 11) is 7.39. The predicted octanol–water partition coefficient (Wildman–Crippen LogP) is -3.47. The van der Waals surface area contributed by atoms with Crippen LogP contribution >= 0.6 is 0 Å². The number of fused-ring (bicyclic) bond motifs is 1. The summed E-state index contributed by atoms with van der Waals surface area (Å²) in [6.07, 6.45) is 2.41. The quantitative estimate of drug-likeness (QED) is 0.511. The zero-order chi connectivity index (χ0) is 18.1. The number of quaternary nitrogens is 1. The molecule has 2 rings (SSSR count). The van der Waals surface area contributed by atoms with Gasteiger partial charge in [-0.2, -0.15) is 0 Å². The Morgan fingerprint density at radius 1 is 1.24 bits per heavy atom. The van der Waals surface area contributed by atoms with Gasteiger partial charge in [-0.3, -0.25) is 13.9 Å². The van der Waals surface area contributed by atoms with Crippen molar-refractivity contribution in [3.63, 3.8) is 0 Å². The third-order valence-electron chi connectivity index (χ3n) is 4.45. The Balaban J connectivity index is 0.00000312. The van der Waals surface area contributed by atoms with Crippen LogP contribution in [0.4, 0.5) is 0 Å². The molecule has 0 fully saturated rings. The lowest BCUT2D eigenvalue weighted by atomic mass is 10.1. The van der Waals surface area contributed by atoms with Crippen LogP contribution in [0, 0.1) is 5.92 Å². The summed E-state index contributed by atoms with van der Waals surface area (Å²) in [5, 5.41) is 9.01. The monoisotopic (exact) mass is 373 g/mol. The van der Waals surface area contributed by atoms with Crippen LogP contribution in [0.5, 0.6) is 0 Å². The number of aromatic nitrogens is 4. The highest BCUT2D eigenvalue weighted by Gasteiger charge is 2.21. The number of hydrogen-bond acceptors (Lipinski definition) is 4. The molecule has 0 radical (unpaired) electrons. The van der Waals surface area contributed by atoms with E-state index in [0.29, 0.717) is 23.6 Å². The first kappa shape index (κ1) is 21.4. The molecule has 25 heavy (non-hydrogen) atoms. The van der Waals surface area contributed by atoms with E-state index < -0.39 is 0 Å². The summed E-state index contributed by atoms with van der Waals surface area (Å²) in [6, 6.07) is 0. The van der Waals surface area contributed by atoms with Crippen LogP contribution < -0.4 is 23.7 Å². The summed E-state index contributed by atoms with van der Waals surface area (Å²) in [4.78, 5) is 28.7. The van der Waals surface area contributed by atoms with Gasteiger partial charge >= 0.3 is 5.69 Å². The zero-order valence-corrected chi connectivity index (χ0v) is 16.3. The second-order valence-corrected chi connectivity index (χ2v) is 7.30. The zero-order valence-electron chi connectivity index (χ0n) is 15.6. The molecule has 9 heteroatoms.